The van der Waals surface area contributed by atoms with Crippen LogP contribution in [-0.4, -0.2) is 29.7 Å². The van der Waals surface area contributed by atoms with E-state index < -0.39 is 10.0 Å². The zero-order valence-electron chi connectivity index (χ0n) is 17.5. The van der Waals surface area contributed by atoms with Gasteiger partial charge in [0.05, 0.1) is 38.5 Å². The number of ether oxygens (including phenoxy) is 3. The van der Waals surface area contributed by atoms with Crippen molar-refractivity contribution in [2.45, 2.75) is 18.4 Å². The smallest absolute Gasteiger partial charge is 0.264 e. The zero-order chi connectivity index (χ0) is 21.7. The summed E-state index contributed by atoms with van der Waals surface area (Å²) < 4.78 is 44.7. The lowest BCUT2D eigenvalue weighted by atomic mass is 10.2. The molecule has 0 unspecified atom stereocenters. The van der Waals surface area contributed by atoms with E-state index in [-0.39, 0.29) is 11.4 Å². The second-order valence-corrected chi connectivity index (χ2v) is 8.53. The van der Waals surface area contributed by atoms with Crippen molar-refractivity contribution in [3.05, 3.63) is 77.9 Å². The van der Waals surface area contributed by atoms with Gasteiger partial charge < -0.3 is 14.2 Å². The predicted molar refractivity (Wildman–Crippen MR) is 117 cm³/mol. The highest BCUT2D eigenvalue weighted by molar-refractivity contribution is 7.92. The molecule has 0 atom stereocenters. The van der Waals surface area contributed by atoms with E-state index in [0.29, 0.717) is 28.5 Å². The highest BCUT2D eigenvalue weighted by Crippen LogP contribution is 2.34. The maximum absolute atomic E-state index is 13.7. The molecule has 0 radical (unpaired) electrons. The van der Waals surface area contributed by atoms with Gasteiger partial charge in [0.25, 0.3) is 10.0 Å². The van der Waals surface area contributed by atoms with Crippen LogP contribution in [0, 0.1) is 6.92 Å². The fourth-order valence-corrected chi connectivity index (χ4v) is 4.78. The molecule has 0 bridgehead atoms. The molecule has 0 aliphatic carbocycles. The minimum absolute atomic E-state index is 0.136. The van der Waals surface area contributed by atoms with Crippen LogP contribution in [0.5, 0.6) is 17.2 Å². The minimum Gasteiger partial charge on any atom is -0.497 e. The summed E-state index contributed by atoms with van der Waals surface area (Å²) in [5.74, 6) is 1.71. The molecule has 6 nitrogen and oxygen atoms in total. The standard InChI is InChI=1S/C23H25NO5S/c1-17-7-5-6-8-23(17)30(25,26)24(16-18-9-11-20(27-2)12-10-18)19-13-21(28-3)15-22(14-19)29-4/h5-15H,16H2,1-4H3. The third kappa shape index (κ3) is 4.52. The first-order chi connectivity index (χ1) is 14.4. The number of benzene rings is 3. The molecule has 158 valence electrons. The van der Waals surface area contributed by atoms with Crippen molar-refractivity contribution < 1.29 is 22.6 Å². The molecule has 0 aromatic heterocycles. The van der Waals surface area contributed by atoms with E-state index >= 15 is 0 Å². The van der Waals surface area contributed by atoms with Gasteiger partial charge in [-0.25, -0.2) is 8.42 Å². The number of hydrogen-bond donors (Lipinski definition) is 0. The van der Waals surface area contributed by atoms with Gasteiger partial charge in [0.2, 0.25) is 0 Å². The summed E-state index contributed by atoms with van der Waals surface area (Å²) in [7, 11) is 0.792. The van der Waals surface area contributed by atoms with Crippen molar-refractivity contribution in [1.82, 2.24) is 0 Å². The van der Waals surface area contributed by atoms with Crippen molar-refractivity contribution in [2.75, 3.05) is 25.6 Å². The predicted octanol–water partition coefficient (Wildman–Crippen LogP) is 4.42. The van der Waals surface area contributed by atoms with Crippen LogP contribution in [0.3, 0.4) is 0 Å². The first-order valence-corrected chi connectivity index (χ1v) is 10.8. The fraction of sp³-hybridized carbons (Fsp3) is 0.217. The average Bonchev–Trinajstić information content (AvgIpc) is 2.77. The van der Waals surface area contributed by atoms with E-state index in [1.807, 2.05) is 18.2 Å². The van der Waals surface area contributed by atoms with Gasteiger partial charge in [-0.05, 0) is 36.2 Å². The Morgan fingerprint density at radius 1 is 0.767 bits per heavy atom. The van der Waals surface area contributed by atoms with E-state index in [2.05, 4.69) is 0 Å². The molecular weight excluding hydrogens is 402 g/mol. The van der Waals surface area contributed by atoms with Crippen molar-refractivity contribution in [3.8, 4) is 17.2 Å². The third-order valence-corrected chi connectivity index (χ3v) is 6.71. The molecule has 3 aromatic carbocycles. The lowest BCUT2D eigenvalue weighted by Gasteiger charge is -2.26. The Labute approximate surface area is 177 Å². The summed E-state index contributed by atoms with van der Waals surface area (Å²) in [6, 6.07) is 19.3. The van der Waals surface area contributed by atoms with Crippen LogP contribution in [0.1, 0.15) is 11.1 Å². The van der Waals surface area contributed by atoms with Gasteiger partial charge in [-0.2, -0.15) is 0 Å². The zero-order valence-corrected chi connectivity index (χ0v) is 18.3. The molecule has 0 heterocycles. The Balaban J connectivity index is 2.14. The quantitative estimate of drug-likeness (QED) is 0.533. The highest BCUT2D eigenvalue weighted by atomic mass is 32.2. The second-order valence-electron chi connectivity index (χ2n) is 6.70. The lowest BCUT2D eigenvalue weighted by Crippen LogP contribution is -2.31. The first-order valence-electron chi connectivity index (χ1n) is 9.33. The second kappa shape index (κ2) is 9.09. The van der Waals surface area contributed by atoms with Crippen LogP contribution in [0.15, 0.2) is 71.6 Å². The maximum Gasteiger partial charge on any atom is 0.264 e. The number of methoxy groups -OCH3 is 3. The van der Waals surface area contributed by atoms with E-state index in [1.165, 1.54) is 18.5 Å². The number of rotatable bonds is 8. The van der Waals surface area contributed by atoms with Crippen molar-refractivity contribution in [1.29, 1.82) is 0 Å². The fourth-order valence-electron chi connectivity index (χ4n) is 3.11. The molecule has 0 saturated heterocycles. The number of sulfonamides is 1. The van der Waals surface area contributed by atoms with Crippen molar-refractivity contribution in [3.63, 3.8) is 0 Å². The lowest BCUT2D eigenvalue weighted by molar-refractivity contribution is 0.394. The maximum atomic E-state index is 13.7. The van der Waals surface area contributed by atoms with E-state index in [4.69, 9.17) is 14.2 Å². The van der Waals surface area contributed by atoms with Gasteiger partial charge in [0, 0.05) is 18.2 Å². The number of nitrogens with zero attached hydrogens (tertiary/aromatic N) is 1. The topological polar surface area (TPSA) is 65.1 Å². The van der Waals surface area contributed by atoms with Crippen LogP contribution >= 0.6 is 0 Å². The molecule has 0 saturated carbocycles. The molecule has 30 heavy (non-hydrogen) atoms. The van der Waals surface area contributed by atoms with Crippen LogP contribution in [0.4, 0.5) is 5.69 Å². The summed E-state index contributed by atoms with van der Waals surface area (Å²) in [6.07, 6.45) is 0. The van der Waals surface area contributed by atoms with Gasteiger partial charge in [-0.1, -0.05) is 30.3 Å². The van der Waals surface area contributed by atoms with Crippen molar-refractivity contribution in [2.24, 2.45) is 0 Å². The molecule has 0 amide bonds. The molecule has 7 heteroatoms. The van der Waals surface area contributed by atoms with Crippen LogP contribution in [-0.2, 0) is 16.6 Å². The van der Waals surface area contributed by atoms with Gasteiger partial charge in [0.1, 0.15) is 17.2 Å². The summed E-state index contributed by atoms with van der Waals surface area (Å²) >= 11 is 0. The molecular formula is C23H25NO5S. The Morgan fingerprint density at radius 3 is 1.87 bits per heavy atom. The molecule has 0 spiro atoms. The van der Waals surface area contributed by atoms with E-state index in [1.54, 1.807) is 62.6 Å². The normalized spacial score (nSPS) is 11.1. The first kappa shape index (κ1) is 21.5. The van der Waals surface area contributed by atoms with E-state index in [0.717, 1.165) is 5.56 Å². The summed E-state index contributed by atoms with van der Waals surface area (Å²) in [5, 5.41) is 0. The average molecular weight is 428 g/mol. The Bertz CT molecular complexity index is 1090. The van der Waals surface area contributed by atoms with Crippen LogP contribution < -0.4 is 18.5 Å². The van der Waals surface area contributed by atoms with E-state index in [9.17, 15) is 8.42 Å². The summed E-state index contributed by atoms with van der Waals surface area (Å²) in [5.41, 5.74) is 1.94. The summed E-state index contributed by atoms with van der Waals surface area (Å²) in [4.78, 5) is 0.250. The Hall–Kier alpha value is -3.19. The Morgan fingerprint density at radius 2 is 1.33 bits per heavy atom. The molecule has 0 aliphatic heterocycles. The van der Waals surface area contributed by atoms with Crippen LogP contribution in [0.25, 0.3) is 0 Å². The minimum atomic E-state index is -3.86. The molecule has 0 aliphatic rings. The number of anilines is 1. The Kier molecular flexibility index (Phi) is 6.52. The third-order valence-electron chi connectivity index (χ3n) is 4.77. The molecule has 0 fully saturated rings. The monoisotopic (exact) mass is 427 g/mol. The highest BCUT2D eigenvalue weighted by Gasteiger charge is 2.27. The van der Waals surface area contributed by atoms with Crippen molar-refractivity contribution >= 4 is 15.7 Å². The van der Waals surface area contributed by atoms with Gasteiger partial charge >= 0.3 is 0 Å². The molecule has 3 rings (SSSR count). The van der Waals surface area contributed by atoms with Gasteiger partial charge in [0.15, 0.2) is 0 Å². The van der Waals surface area contributed by atoms with Gasteiger partial charge in [-0.15, -0.1) is 0 Å². The molecule has 3 aromatic rings. The van der Waals surface area contributed by atoms with Crippen LogP contribution in [0.2, 0.25) is 0 Å². The SMILES string of the molecule is COc1ccc(CN(c2cc(OC)cc(OC)c2)S(=O)(=O)c2ccccc2C)cc1. The number of hydrogen-bond acceptors (Lipinski definition) is 5. The largest absolute Gasteiger partial charge is 0.497 e. The van der Waals surface area contributed by atoms with Gasteiger partial charge in [-0.3, -0.25) is 4.31 Å². The molecule has 0 N–H and O–H groups in total. The summed E-state index contributed by atoms with van der Waals surface area (Å²) in [6.45, 7) is 1.92. The number of aryl methyl sites for hydroxylation is 1.